The number of hydrogen-bond acceptors (Lipinski definition) is 4. The Hall–Kier alpha value is -2.40. The van der Waals surface area contributed by atoms with Crippen LogP contribution in [0.4, 0.5) is 0 Å². The van der Waals surface area contributed by atoms with Crippen molar-refractivity contribution >= 4 is 5.91 Å². The maximum absolute atomic E-state index is 12.5. The van der Waals surface area contributed by atoms with Crippen LogP contribution < -0.4 is 10.1 Å². The van der Waals surface area contributed by atoms with Gasteiger partial charge in [-0.15, -0.1) is 0 Å². The Balaban J connectivity index is 2.10. The van der Waals surface area contributed by atoms with Crippen LogP contribution in [0.25, 0.3) is 0 Å². The van der Waals surface area contributed by atoms with Gasteiger partial charge >= 0.3 is 0 Å². The number of ether oxygens (including phenoxy) is 1. The quantitative estimate of drug-likeness (QED) is 0.817. The number of pyridine rings is 1. The van der Waals surface area contributed by atoms with Crippen molar-refractivity contribution in [3.8, 4) is 11.5 Å². The van der Waals surface area contributed by atoms with Crippen molar-refractivity contribution in [3.63, 3.8) is 0 Å². The van der Waals surface area contributed by atoms with E-state index in [0.717, 1.165) is 6.42 Å². The highest BCUT2D eigenvalue weighted by atomic mass is 16.5. The van der Waals surface area contributed by atoms with Gasteiger partial charge in [0.05, 0.1) is 17.4 Å². The van der Waals surface area contributed by atoms with Crippen molar-refractivity contribution in [2.45, 2.75) is 32.8 Å². The third-order valence-corrected chi connectivity index (χ3v) is 4.27. The molecule has 0 saturated carbocycles. The zero-order valence-electron chi connectivity index (χ0n) is 14.3. The van der Waals surface area contributed by atoms with E-state index in [1.807, 2.05) is 13.8 Å². The SMILES string of the molecule is CCC(C)C(C)(O)CNC(=O)c1ccccc1Oc1cccnc1. The van der Waals surface area contributed by atoms with Crippen molar-refractivity contribution in [2.24, 2.45) is 5.92 Å². The molecule has 1 aromatic carbocycles. The first-order chi connectivity index (χ1) is 11.4. The number of para-hydroxylation sites is 1. The molecule has 1 heterocycles. The molecule has 2 aromatic rings. The van der Waals surface area contributed by atoms with Gasteiger partial charge in [0.2, 0.25) is 0 Å². The highest BCUT2D eigenvalue weighted by Crippen LogP contribution is 2.25. The molecular formula is C19H24N2O3. The number of carbonyl (C=O) groups is 1. The maximum atomic E-state index is 12.5. The van der Waals surface area contributed by atoms with Gasteiger partial charge in [-0.3, -0.25) is 9.78 Å². The first-order valence-corrected chi connectivity index (χ1v) is 8.11. The number of nitrogens with zero attached hydrogens (tertiary/aromatic N) is 1. The fourth-order valence-corrected chi connectivity index (χ4v) is 2.25. The lowest BCUT2D eigenvalue weighted by molar-refractivity contribution is 0.00590. The summed E-state index contributed by atoms with van der Waals surface area (Å²) >= 11 is 0. The second-order valence-corrected chi connectivity index (χ2v) is 6.14. The van der Waals surface area contributed by atoms with E-state index in [-0.39, 0.29) is 18.4 Å². The van der Waals surface area contributed by atoms with Crippen molar-refractivity contribution in [1.82, 2.24) is 10.3 Å². The van der Waals surface area contributed by atoms with Crippen LogP contribution >= 0.6 is 0 Å². The number of amides is 1. The lowest BCUT2D eigenvalue weighted by atomic mass is 9.88. The van der Waals surface area contributed by atoms with Gasteiger partial charge in [0, 0.05) is 12.7 Å². The van der Waals surface area contributed by atoms with Crippen LogP contribution in [0.1, 0.15) is 37.6 Å². The summed E-state index contributed by atoms with van der Waals surface area (Å²) in [5.74, 6) is 0.813. The van der Waals surface area contributed by atoms with Crippen molar-refractivity contribution in [3.05, 3.63) is 54.4 Å². The van der Waals surface area contributed by atoms with Crippen LogP contribution in [-0.2, 0) is 0 Å². The molecular weight excluding hydrogens is 304 g/mol. The number of nitrogens with one attached hydrogen (secondary N) is 1. The van der Waals surface area contributed by atoms with E-state index < -0.39 is 5.60 Å². The topological polar surface area (TPSA) is 71.5 Å². The predicted molar refractivity (Wildman–Crippen MR) is 93.2 cm³/mol. The third-order valence-electron chi connectivity index (χ3n) is 4.27. The molecule has 2 atom stereocenters. The molecule has 0 aliphatic carbocycles. The molecule has 0 saturated heterocycles. The summed E-state index contributed by atoms with van der Waals surface area (Å²) in [7, 11) is 0. The molecule has 1 amide bonds. The van der Waals surface area contributed by atoms with Gasteiger partial charge in [0.1, 0.15) is 11.5 Å². The largest absolute Gasteiger partial charge is 0.455 e. The fourth-order valence-electron chi connectivity index (χ4n) is 2.25. The van der Waals surface area contributed by atoms with Crippen LogP contribution in [0, 0.1) is 5.92 Å². The van der Waals surface area contributed by atoms with E-state index in [2.05, 4.69) is 10.3 Å². The molecule has 2 unspecified atom stereocenters. The second kappa shape index (κ2) is 7.93. The summed E-state index contributed by atoms with van der Waals surface area (Å²) in [6, 6.07) is 10.5. The molecule has 0 radical (unpaired) electrons. The molecule has 0 aliphatic rings. The molecule has 0 bridgehead atoms. The molecule has 0 aliphatic heterocycles. The van der Waals surface area contributed by atoms with E-state index in [0.29, 0.717) is 17.1 Å². The maximum Gasteiger partial charge on any atom is 0.255 e. The minimum absolute atomic E-state index is 0.0830. The predicted octanol–water partition coefficient (Wildman–Crippen LogP) is 3.40. The van der Waals surface area contributed by atoms with Crippen LogP contribution in [0.3, 0.4) is 0 Å². The Morgan fingerprint density at radius 2 is 2.08 bits per heavy atom. The van der Waals surface area contributed by atoms with E-state index in [1.54, 1.807) is 55.7 Å². The molecule has 24 heavy (non-hydrogen) atoms. The zero-order valence-corrected chi connectivity index (χ0v) is 14.3. The zero-order chi connectivity index (χ0) is 17.6. The smallest absolute Gasteiger partial charge is 0.255 e. The minimum Gasteiger partial charge on any atom is -0.455 e. The highest BCUT2D eigenvalue weighted by molar-refractivity contribution is 5.97. The van der Waals surface area contributed by atoms with Gasteiger partial charge < -0.3 is 15.2 Å². The fraction of sp³-hybridized carbons (Fsp3) is 0.368. The van der Waals surface area contributed by atoms with Gasteiger partial charge in [0.25, 0.3) is 5.91 Å². The lowest BCUT2D eigenvalue weighted by Gasteiger charge is -2.29. The van der Waals surface area contributed by atoms with Crippen LogP contribution in [-0.4, -0.2) is 28.1 Å². The second-order valence-electron chi connectivity index (χ2n) is 6.14. The minimum atomic E-state index is -0.955. The van der Waals surface area contributed by atoms with E-state index >= 15 is 0 Å². The molecule has 1 aromatic heterocycles. The third kappa shape index (κ3) is 4.55. The molecule has 0 fully saturated rings. The van der Waals surface area contributed by atoms with E-state index in [9.17, 15) is 9.90 Å². The van der Waals surface area contributed by atoms with Gasteiger partial charge in [-0.1, -0.05) is 32.4 Å². The summed E-state index contributed by atoms with van der Waals surface area (Å²) in [5, 5.41) is 13.2. The summed E-state index contributed by atoms with van der Waals surface area (Å²) in [5.41, 5.74) is -0.537. The Morgan fingerprint density at radius 1 is 1.33 bits per heavy atom. The molecule has 128 valence electrons. The molecule has 2 rings (SSSR count). The van der Waals surface area contributed by atoms with Gasteiger partial charge in [-0.2, -0.15) is 0 Å². The average Bonchev–Trinajstić information content (AvgIpc) is 2.60. The van der Waals surface area contributed by atoms with Gasteiger partial charge in [-0.25, -0.2) is 0 Å². The van der Waals surface area contributed by atoms with Crippen LogP contribution in [0.15, 0.2) is 48.8 Å². The molecule has 2 N–H and O–H groups in total. The van der Waals surface area contributed by atoms with Crippen molar-refractivity contribution < 1.29 is 14.6 Å². The van der Waals surface area contributed by atoms with Crippen molar-refractivity contribution in [1.29, 1.82) is 0 Å². The molecule has 0 spiro atoms. The van der Waals surface area contributed by atoms with Gasteiger partial charge in [0.15, 0.2) is 0 Å². The summed E-state index contributed by atoms with van der Waals surface area (Å²) < 4.78 is 5.75. The summed E-state index contributed by atoms with van der Waals surface area (Å²) in [4.78, 5) is 16.5. The standard InChI is InChI=1S/C19H24N2O3/c1-4-14(2)19(3,23)13-21-18(22)16-9-5-6-10-17(16)24-15-8-7-11-20-12-15/h5-12,14,23H,4,13H2,1-3H3,(H,21,22). The first kappa shape index (κ1) is 17.9. The highest BCUT2D eigenvalue weighted by Gasteiger charge is 2.28. The molecule has 5 heteroatoms. The Morgan fingerprint density at radius 3 is 2.75 bits per heavy atom. The number of carbonyl (C=O) groups excluding carboxylic acids is 1. The normalized spacial score (nSPS) is 14.5. The number of hydrogen-bond donors (Lipinski definition) is 2. The van der Waals surface area contributed by atoms with E-state index in [4.69, 9.17) is 4.74 Å². The van der Waals surface area contributed by atoms with E-state index in [1.165, 1.54) is 0 Å². The number of benzene rings is 1. The Bertz CT molecular complexity index is 671. The number of aliphatic hydroxyl groups is 1. The number of aromatic nitrogens is 1. The van der Waals surface area contributed by atoms with Crippen LogP contribution in [0.5, 0.6) is 11.5 Å². The summed E-state index contributed by atoms with van der Waals surface area (Å²) in [6.07, 6.45) is 4.08. The first-order valence-electron chi connectivity index (χ1n) is 8.11. The Kier molecular flexibility index (Phi) is 5.93. The van der Waals surface area contributed by atoms with Crippen LogP contribution in [0.2, 0.25) is 0 Å². The Labute approximate surface area is 142 Å². The summed E-state index contributed by atoms with van der Waals surface area (Å²) in [6.45, 7) is 5.89. The molecule has 5 nitrogen and oxygen atoms in total. The lowest BCUT2D eigenvalue weighted by Crippen LogP contribution is -2.45. The average molecular weight is 328 g/mol. The monoisotopic (exact) mass is 328 g/mol. The van der Waals surface area contributed by atoms with Crippen molar-refractivity contribution in [2.75, 3.05) is 6.54 Å². The number of rotatable bonds is 7. The van der Waals surface area contributed by atoms with Gasteiger partial charge in [-0.05, 0) is 37.1 Å².